The fourth-order valence-corrected chi connectivity index (χ4v) is 6.05. The van der Waals surface area contributed by atoms with Gasteiger partial charge >= 0.3 is 6.18 Å². The number of aromatic nitrogens is 1. The average Bonchev–Trinajstić information content (AvgIpc) is 3.10. The molecule has 1 aliphatic carbocycles. The Bertz CT molecular complexity index is 1190. The van der Waals surface area contributed by atoms with Gasteiger partial charge in [0.1, 0.15) is 18.0 Å². The van der Waals surface area contributed by atoms with Crippen LogP contribution in [-0.4, -0.2) is 28.4 Å². The molecule has 0 bridgehead atoms. The van der Waals surface area contributed by atoms with Crippen molar-refractivity contribution in [3.63, 3.8) is 0 Å². The number of alkyl halides is 3. The Kier molecular flexibility index (Phi) is 6.02. The van der Waals surface area contributed by atoms with Crippen LogP contribution in [-0.2, 0) is 21.3 Å². The van der Waals surface area contributed by atoms with Crippen LogP contribution >= 0.6 is 0 Å². The third-order valence-corrected chi connectivity index (χ3v) is 7.89. The predicted octanol–water partition coefficient (Wildman–Crippen LogP) is 5.98. The molecule has 5 rings (SSSR count). The minimum atomic E-state index is -4.81. The van der Waals surface area contributed by atoms with Gasteiger partial charge in [-0.05, 0) is 41.0 Å². The fourth-order valence-electron chi connectivity index (χ4n) is 6.05. The molecule has 1 aromatic carbocycles. The number of nitrogens with zero attached hydrogens (tertiary/aromatic N) is 1. The van der Waals surface area contributed by atoms with Crippen molar-refractivity contribution in [3.05, 3.63) is 63.2 Å². The molecule has 1 spiro atoms. The topological polar surface area (TPSA) is 71.8 Å². The predicted molar refractivity (Wildman–Crippen MR) is 123 cm³/mol. The summed E-state index contributed by atoms with van der Waals surface area (Å²) in [6, 6.07) is 2.87. The molecule has 196 valence electrons. The molecule has 36 heavy (non-hydrogen) atoms. The second kappa shape index (κ2) is 8.48. The first-order valence-corrected chi connectivity index (χ1v) is 12.3. The van der Waals surface area contributed by atoms with Crippen LogP contribution in [0, 0.1) is 11.2 Å². The average molecular weight is 510 g/mol. The fraction of sp³-hybridized carbons (Fsp3) is 0.593. The number of hydrogen-bond donors (Lipinski definition) is 2. The second-order valence-electron chi connectivity index (χ2n) is 11.2. The van der Waals surface area contributed by atoms with Gasteiger partial charge < -0.3 is 19.7 Å². The number of ether oxygens (including phenoxy) is 2. The Morgan fingerprint density at radius 2 is 1.75 bits per heavy atom. The number of aliphatic hydroxyl groups is 2. The van der Waals surface area contributed by atoms with E-state index in [1.807, 2.05) is 27.7 Å². The van der Waals surface area contributed by atoms with Gasteiger partial charge in [-0.25, -0.2) is 4.39 Å². The molecular formula is C27H31F4NO4. The van der Waals surface area contributed by atoms with E-state index in [0.717, 1.165) is 17.7 Å². The summed E-state index contributed by atoms with van der Waals surface area (Å²) in [6.07, 6.45) is -6.28. The van der Waals surface area contributed by atoms with Crippen molar-refractivity contribution in [2.45, 2.75) is 83.0 Å². The number of hydrogen-bond acceptors (Lipinski definition) is 5. The summed E-state index contributed by atoms with van der Waals surface area (Å²) in [6.45, 7) is 8.42. The molecule has 2 aromatic rings. The first-order chi connectivity index (χ1) is 16.8. The number of benzene rings is 1. The second-order valence-corrected chi connectivity index (χ2v) is 11.2. The maximum Gasteiger partial charge on any atom is 0.419 e. The molecule has 2 N–H and O–H groups in total. The lowest BCUT2D eigenvalue weighted by atomic mass is 9.68. The summed E-state index contributed by atoms with van der Waals surface area (Å²) in [7, 11) is 0. The number of aliphatic hydroxyl groups excluding tert-OH is 2. The zero-order valence-electron chi connectivity index (χ0n) is 20.7. The van der Waals surface area contributed by atoms with Crippen LogP contribution in [0.4, 0.5) is 17.6 Å². The van der Waals surface area contributed by atoms with E-state index in [1.54, 1.807) is 0 Å². The lowest BCUT2D eigenvalue weighted by molar-refractivity contribution is -0.140. The standard InChI is InChI=1S/C27H31F4NO4/c1-13(2)21-19-20(18-17(33)12-25(3,4)24(34)22(18)32-21)26(7-9-35-10-8-26)36-23(19)14-5-6-15(16(28)11-14)27(29,30)31/h5-6,11,13,17,23-24,33-34H,7-10,12H2,1-4H3/t17-,23+,24-/m0/s1. The van der Waals surface area contributed by atoms with Gasteiger partial charge in [0.25, 0.3) is 0 Å². The molecule has 1 fully saturated rings. The third kappa shape index (κ3) is 3.86. The van der Waals surface area contributed by atoms with Crippen molar-refractivity contribution < 1.29 is 37.2 Å². The molecule has 0 amide bonds. The highest BCUT2D eigenvalue weighted by molar-refractivity contribution is 5.55. The molecule has 3 atom stereocenters. The molecular weight excluding hydrogens is 478 g/mol. The Hall–Kier alpha value is -2.07. The molecule has 0 unspecified atom stereocenters. The minimum absolute atomic E-state index is 0.126. The monoisotopic (exact) mass is 509 g/mol. The highest BCUT2D eigenvalue weighted by atomic mass is 19.4. The highest BCUT2D eigenvalue weighted by Crippen LogP contribution is 2.59. The van der Waals surface area contributed by atoms with E-state index in [1.165, 1.54) is 6.07 Å². The molecule has 0 saturated carbocycles. The zero-order chi connectivity index (χ0) is 26.2. The zero-order valence-corrected chi connectivity index (χ0v) is 20.7. The van der Waals surface area contributed by atoms with Gasteiger partial charge in [-0.15, -0.1) is 0 Å². The van der Waals surface area contributed by atoms with Crippen LogP contribution in [0.5, 0.6) is 0 Å². The Morgan fingerprint density at radius 1 is 1.08 bits per heavy atom. The Balaban J connectivity index is 1.78. The van der Waals surface area contributed by atoms with Gasteiger partial charge in [0.15, 0.2) is 0 Å². The number of rotatable bonds is 2. The van der Waals surface area contributed by atoms with E-state index < -0.39 is 46.9 Å². The molecule has 2 aliphatic heterocycles. The summed E-state index contributed by atoms with van der Waals surface area (Å²) in [5.74, 6) is -1.49. The quantitative estimate of drug-likeness (QED) is 0.487. The van der Waals surface area contributed by atoms with E-state index in [2.05, 4.69) is 0 Å². The minimum Gasteiger partial charge on any atom is -0.388 e. The summed E-state index contributed by atoms with van der Waals surface area (Å²) in [5.41, 5.74) is 0.353. The van der Waals surface area contributed by atoms with Gasteiger partial charge in [-0.2, -0.15) is 13.2 Å². The van der Waals surface area contributed by atoms with E-state index in [4.69, 9.17) is 14.5 Å². The SMILES string of the molecule is CC(C)c1nc2c(c3c1[C@@H](c1ccc(C(F)(F)F)c(F)c1)OC31CCOCC1)[C@@H](O)CC(C)(C)[C@H]2O. The molecule has 1 aromatic heterocycles. The number of fused-ring (bicyclic) bond motifs is 4. The van der Waals surface area contributed by atoms with Crippen LogP contribution in [0.1, 0.15) is 110 Å². The third-order valence-electron chi connectivity index (χ3n) is 7.89. The van der Waals surface area contributed by atoms with Crippen LogP contribution in [0.25, 0.3) is 0 Å². The van der Waals surface area contributed by atoms with Gasteiger partial charge in [0.2, 0.25) is 0 Å². The molecule has 3 aliphatic rings. The maximum atomic E-state index is 14.7. The van der Waals surface area contributed by atoms with Crippen molar-refractivity contribution >= 4 is 0 Å². The van der Waals surface area contributed by atoms with Gasteiger partial charge in [0, 0.05) is 42.9 Å². The van der Waals surface area contributed by atoms with Crippen LogP contribution in [0.3, 0.4) is 0 Å². The van der Waals surface area contributed by atoms with Crippen LogP contribution in [0.15, 0.2) is 18.2 Å². The normalized spacial score (nSPS) is 26.8. The van der Waals surface area contributed by atoms with Gasteiger partial charge in [0.05, 0.1) is 23.0 Å². The van der Waals surface area contributed by atoms with Crippen molar-refractivity contribution in [3.8, 4) is 0 Å². The Labute approximate surface area is 207 Å². The molecule has 3 heterocycles. The molecule has 0 radical (unpaired) electrons. The van der Waals surface area contributed by atoms with E-state index >= 15 is 0 Å². The smallest absolute Gasteiger partial charge is 0.388 e. The van der Waals surface area contributed by atoms with Gasteiger partial charge in [-0.1, -0.05) is 33.8 Å². The van der Waals surface area contributed by atoms with Gasteiger partial charge in [-0.3, -0.25) is 4.98 Å². The summed E-state index contributed by atoms with van der Waals surface area (Å²) >= 11 is 0. The van der Waals surface area contributed by atoms with Crippen molar-refractivity contribution in [2.24, 2.45) is 5.41 Å². The highest BCUT2D eigenvalue weighted by Gasteiger charge is 2.54. The Morgan fingerprint density at radius 3 is 2.33 bits per heavy atom. The van der Waals surface area contributed by atoms with E-state index in [9.17, 15) is 27.8 Å². The van der Waals surface area contributed by atoms with Crippen LogP contribution < -0.4 is 0 Å². The maximum absolute atomic E-state index is 14.7. The number of pyridine rings is 1. The molecule has 9 heteroatoms. The molecule has 1 saturated heterocycles. The largest absolute Gasteiger partial charge is 0.419 e. The first kappa shape index (κ1) is 25.6. The van der Waals surface area contributed by atoms with E-state index in [0.29, 0.717) is 55.0 Å². The summed E-state index contributed by atoms with van der Waals surface area (Å²) < 4.78 is 66.6. The van der Waals surface area contributed by atoms with Crippen molar-refractivity contribution in [1.82, 2.24) is 4.98 Å². The van der Waals surface area contributed by atoms with Crippen molar-refractivity contribution in [2.75, 3.05) is 13.2 Å². The lowest BCUT2D eigenvalue weighted by Gasteiger charge is -2.42. The summed E-state index contributed by atoms with van der Waals surface area (Å²) in [4.78, 5) is 4.85. The van der Waals surface area contributed by atoms with Crippen molar-refractivity contribution in [1.29, 1.82) is 0 Å². The van der Waals surface area contributed by atoms with Crippen LogP contribution in [0.2, 0.25) is 0 Å². The lowest BCUT2D eigenvalue weighted by Crippen LogP contribution is -2.38. The number of halogens is 4. The first-order valence-electron chi connectivity index (χ1n) is 12.3. The summed E-state index contributed by atoms with van der Waals surface area (Å²) in [5, 5.41) is 22.6. The molecule has 5 nitrogen and oxygen atoms in total. The van der Waals surface area contributed by atoms with E-state index in [-0.39, 0.29) is 11.5 Å².